The average molecular weight is 550 g/mol. The first kappa shape index (κ1) is 27.8. The van der Waals surface area contributed by atoms with Gasteiger partial charge in [-0.05, 0) is 121 Å². The zero-order chi connectivity index (χ0) is 28.4. The first-order valence-electron chi connectivity index (χ1n) is 17.4. The second-order valence-corrected chi connectivity index (χ2v) is 16.2. The molecular formula is C40H55N. The van der Waals surface area contributed by atoms with Gasteiger partial charge in [-0.15, -0.1) is 0 Å². The van der Waals surface area contributed by atoms with E-state index >= 15 is 0 Å². The highest BCUT2D eigenvalue weighted by Crippen LogP contribution is 2.67. The molecule has 8 unspecified atom stereocenters. The normalized spacial score (nSPS) is 35.1. The lowest BCUT2D eigenvalue weighted by atomic mass is 9.45. The minimum absolute atomic E-state index is 0.458. The fourth-order valence-electron chi connectivity index (χ4n) is 11.2. The summed E-state index contributed by atoms with van der Waals surface area (Å²) in [5.74, 6) is 6.42. The Morgan fingerprint density at radius 2 is 1.66 bits per heavy atom. The van der Waals surface area contributed by atoms with Crippen LogP contribution in [-0.4, -0.2) is 4.57 Å². The summed E-state index contributed by atoms with van der Waals surface area (Å²) in [5, 5.41) is 1.54. The highest BCUT2D eigenvalue weighted by Gasteiger charge is 2.59. The Balaban J connectivity index is 1.16. The van der Waals surface area contributed by atoms with Gasteiger partial charge in [-0.3, -0.25) is 0 Å². The minimum atomic E-state index is 0.458. The molecule has 0 spiro atoms. The molecule has 0 amide bonds. The molecule has 0 radical (unpaired) electrons. The molecule has 4 aliphatic rings. The van der Waals surface area contributed by atoms with Crippen molar-refractivity contribution >= 4 is 10.9 Å². The van der Waals surface area contributed by atoms with Crippen molar-refractivity contribution in [2.45, 2.75) is 112 Å². The number of hydrogen-bond donors (Lipinski definition) is 0. The molecule has 8 atom stereocenters. The third-order valence-electron chi connectivity index (χ3n) is 13.5. The maximum atomic E-state index is 2.75. The number of para-hydroxylation sites is 1. The molecule has 220 valence electrons. The van der Waals surface area contributed by atoms with E-state index in [4.69, 9.17) is 0 Å². The lowest BCUT2D eigenvalue weighted by molar-refractivity contribution is -0.0902. The third kappa shape index (κ3) is 4.73. The van der Waals surface area contributed by atoms with Crippen LogP contribution in [0, 0.1) is 52.3 Å². The molecule has 0 N–H and O–H groups in total. The summed E-state index contributed by atoms with van der Waals surface area (Å²) in [6.07, 6.45) is 15.8. The molecule has 2 aromatic carbocycles. The van der Waals surface area contributed by atoms with Crippen LogP contribution in [0.4, 0.5) is 0 Å². The number of benzene rings is 2. The molecule has 4 aliphatic carbocycles. The van der Waals surface area contributed by atoms with Gasteiger partial charge in [0, 0.05) is 23.1 Å². The molecule has 7 rings (SSSR count). The van der Waals surface area contributed by atoms with Crippen molar-refractivity contribution in [1.82, 2.24) is 4.57 Å². The van der Waals surface area contributed by atoms with E-state index in [1.165, 1.54) is 87.1 Å². The van der Waals surface area contributed by atoms with E-state index in [9.17, 15) is 0 Å². The van der Waals surface area contributed by atoms with E-state index in [1.54, 1.807) is 11.3 Å². The van der Waals surface area contributed by atoms with Gasteiger partial charge in [0.25, 0.3) is 0 Å². The standard InChI is InChI=1S/C40H55N/c1-27(2)12-11-13-28(3)30-22-36-33-19-18-31-23-38-34(25-40(31,5)35(33)20-21-39(36,4)24-30)32-16-9-10-17-37(32)41(38)26-29-14-7-6-8-15-29/h6-10,14-17,27-28,30-31,33,35-36H,11-13,18-26H2,1-5H3. The van der Waals surface area contributed by atoms with Gasteiger partial charge in [0.2, 0.25) is 0 Å². The van der Waals surface area contributed by atoms with Crippen LogP contribution in [0.2, 0.25) is 0 Å². The van der Waals surface area contributed by atoms with Crippen molar-refractivity contribution in [1.29, 1.82) is 0 Å². The summed E-state index contributed by atoms with van der Waals surface area (Å²) in [6.45, 7) is 13.9. The molecule has 0 bridgehead atoms. The van der Waals surface area contributed by atoms with Crippen molar-refractivity contribution in [2.24, 2.45) is 52.3 Å². The summed E-state index contributed by atoms with van der Waals surface area (Å²) in [6, 6.07) is 20.5. The van der Waals surface area contributed by atoms with Crippen LogP contribution in [-0.2, 0) is 19.4 Å². The van der Waals surface area contributed by atoms with Crippen LogP contribution in [0.15, 0.2) is 54.6 Å². The lowest BCUT2D eigenvalue weighted by Crippen LogP contribution is -2.53. The largest absolute Gasteiger partial charge is 0.340 e. The number of hydrogen-bond acceptors (Lipinski definition) is 0. The van der Waals surface area contributed by atoms with E-state index in [-0.39, 0.29) is 0 Å². The van der Waals surface area contributed by atoms with Crippen molar-refractivity contribution in [3.8, 4) is 0 Å². The van der Waals surface area contributed by atoms with Crippen molar-refractivity contribution in [2.75, 3.05) is 0 Å². The summed E-state index contributed by atoms with van der Waals surface area (Å²) in [4.78, 5) is 0. The molecule has 3 fully saturated rings. The Morgan fingerprint density at radius 1 is 0.878 bits per heavy atom. The average Bonchev–Trinajstić information content (AvgIpc) is 3.47. The van der Waals surface area contributed by atoms with Gasteiger partial charge >= 0.3 is 0 Å². The highest BCUT2D eigenvalue weighted by atomic mass is 15.0. The third-order valence-corrected chi connectivity index (χ3v) is 13.5. The zero-order valence-corrected chi connectivity index (χ0v) is 26.7. The van der Waals surface area contributed by atoms with Crippen molar-refractivity contribution < 1.29 is 0 Å². The topological polar surface area (TPSA) is 4.93 Å². The summed E-state index contributed by atoms with van der Waals surface area (Å²) in [7, 11) is 0. The monoisotopic (exact) mass is 549 g/mol. The number of nitrogens with zero attached hydrogens (tertiary/aromatic N) is 1. The smallest absolute Gasteiger partial charge is 0.0488 e. The number of fused-ring (bicyclic) bond motifs is 8. The fourth-order valence-corrected chi connectivity index (χ4v) is 11.2. The first-order valence-corrected chi connectivity index (χ1v) is 17.4. The van der Waals surface area contributed by atoms with Gasteiger partial charge in [-0.2, -0.15) is 0 Å². The molecule has 1 aromatic heterocycles. The van der Waals surface area contributed by atoms with E-state index in [2.05, 4.69) is 93.8 Å². The number of aromatic nitrogens is 1. The van der Waals surface area contributed by atoms with E-state index in [1.807, 2.05) is 0 Å². The molecule has 0 aliphatic heterocycles. The molecule has 41 heavy (non-hydrogen) atoms. The minimum Gasteiger partial charge on any atom is -0.340 e. The SMILES string of the molecule is CC(C)CCCC(C)C1CC2C3CCC4Cc5c(c6ccccc6n5Cc5ccccc5)CC4(C)C3CCC2(C)C1. The van der Waals surface area contributed by atoms with E-state index < -0.39 is 0 Å². The second-order valence-electron chi connectivity index (χ2n) is 16.2. The molecule has 3 saturated carbocycles. The number of rotatable bonds is 7. The Bertz CT molecular complexity index is 1360. The predicted molar refractivity (Wildman–Crippen MR) is 174 cm³/mol. The summed E-state index contributed by atoms with van der Waals surface area (Å²) >= 11 is 0. The van der Waals surface area contributed by atoms with Crippen LogP contribution in [0.1, 0.15) is 109 Å². The molecular weight excluding hydrogens is 494 g/mol. The van der Waals surface area contributed by atoms with Gasteiger partial charge < -0.3 is 4.57 Å². The maximum absolute atomic E-state index is 2.75. The Kier molecular flexibility index (Phi) is 7.19. The maximum Gasteiger partial charge on any atom is 0.0488 e. The Labute approximate surface area is 250 Å². The van der Waals surface area contributed by atoms with Crippen LogP contribution < -0.4 is 0 Å². The molecule has 1 nitrogen and oxygen atoms in total. The predicted octanol–water partition coefficient (Wildman–Crippen LogP) is 10.7. The fraction of sp³-hybridized carbons (Fsp3) is 0.650. The van der Waals surface area contributed by atoms with Gasteiger partial charge in [0.15, 0.2) is 0 Å². The highest BCUT2D eigenvalue weighted by molar-refractivity contribution is 5.86. The molecule has 3 aromatic rings. The lowest BCUT2D eigenvalue weighted by Gasteiger charge is -2.60. The molecule has 1 heteroatoms. The van der Waals surface area contributed by atoms with Crippen molar-refractivity contribution in [3.63, 3.8) is 0 Å². The van der Waals surface area contributed by atoms with Crippen LogP contribution in [0.3, 0.4) is 0 Å². The molecule has 0 saturated heterocycles. The van der Waals surface area contributed by atoms with E-state index in [0.717, 1.165) is 48.0 Å². The van der Waals surface area contributed by atoms with Crippen LogP contribution >= 0.6 is 0 Å². The van der Waals surface area contributed by atoms with Gasteiger partial charge in [0.05, 0.1) is 0 Å². The van der Waals surface area contributed by atoms with Gasteiger partial charge in [-0.1, -0.05) is 102 Å². The molecule has 1 heterocycles. The Hall–Kier alpha value is -2.02. The first-order chi connectivity index (χ1) is 19.8. The quantitative estimate of drug-likeness (QED) is 0.276. The summed E-state index contributed by atoms with van der Waals surface area (Å²) in [5.41, 5.74) is 7.31. The van der Waals surface area contributed by atoms with Crippen LogP contribution in [0.5, 0.6) is 0 Å². The van der Waals surface area contributed by atoms with Crippen molar-refractivity contribution in [3.05, 3.63) is 71.4 Å². The van der Waals surface area contributed by atoms with E-state index in [0.29, 0.717) is 10.8 Å². The zero-order valence-electron chi connectivity index (χ0n) is 26.7. The Morgan fingerprint density at radius 3 is 2.46 bits per heavy atom. The van der Waals surface area contributed by atoms with Crippen LogP contribution in [0.25, 0.3) is 10.9 Å². The second kappa shape index (κ2) is 10.6. The van der Waals surface area contributed by atoms with Gasteiger partial charge in [0.1, 0.15) is 0 Å². The summed E-state index contributed by atoms with van der Waals surface area (Å²) < 4.78 is 2.70. The van der Waals surface area contributed by atoms with Gasteiger partial charge in [-0.25, -0.2) is 0 Å².